The van der Waals surface area contributed by atoms with Gasteiger partial charge >= 0.3 is 0 Å². The van der Waals surface area contributed by atoms with Crippen molar-refractivity contribution < 1.29 is 4.74 Å². The van der Waals surface area contributed by atoms with E-state index in [4.69, 9.17) is 4.74 Å². The van der Waals surface area contributed by atoms with E-state index >= 15 is 0 Å². The minimum atomic E-state index is 0. The molecule has 5 nitrogen and oxygen atoms in total. The molecule has 0 aliphatic carbocycles. The number of nitrogens with zero attached hydrogens (tertiary/aromatic N) is 2. The Morgan fingerprint density at radius 1 is 1.08 bits per heavy atom. The van der Waals surface area contributed by atoms with Gasteiger partial charge in [-0.2, -0.15) is 0 Å². The van der Waals surface area contributed by atoms with Crippen LogP contribution in [0.3, 0.4) is 0 Å². The summed E-state index contributed by atoms with van der Waals surface area (Å²) in [6, 6.07) is 16.6. The summed E-state index contributed by atoms with van der Waals surface area (Å²) in [5.74, 6) is 1.72. The molecule has 0 bridgehead atoms. The summed E-state index contributed by atoms with van der Waals surface area (Å²) in [6.45, 7) is 1.52. The third-order valence-electron chi connectivity index (χ3n) is 3.99. The molecule has 0 saturated carbocycles. The zero-order chi connectivity index (χ0) is 18.1. The number of anilines is 1. The molecule has 0 atom stereocenters. The number of hydrogen-bond acceptors (Lipinski definition) is 3. The maximum absolute atomic E-state index is 5.39. The van der Waals surface area contributed by atoms with Crippen molar-refractivity contribution >= 4 is 35.6 Å². The van der Waals surface area contributed by atoms with E-state index in [-0.39, 0.29) is 24.0 Å². The monoisotopic (exact) mass is 468 g/mol. The summed E-state index contributed by atoms with van der Waals surface area (Å²) >= 11 is 0. The quantitative estimate of drug-likeness (QED) is 0.372. The van der Waals surface area contributed by atoms with E-state index in [1.807, 2.05) is 32.3 Å². The molecule has 2 rings (SSSR count). The molecule has 0 aromatic heterocycles. The Balaban J connectivity index is 0.00000338. The highest BCUT2D eigenvalue weighted by atomic mass is 127. The van der Waals surface area contributed by atoms with Crippen molar-refractivity contribution in [2.75, 3.05) is 39.7 Å². The Morgan fingerprint density at radius 3 is 2.54 bits per heavy atom. The molecule has 0 aliphatic heterocycles. The van der Waals surface area contributed by atoms with Gasteiger partial charge in [0.1, 0.15) is 5.75 Å². The molecule has 0 amide bonds. The molecule has 2 aromatic carbocycles. The van der Waals surface area contributed by atoms with Gasteiger partial charge in [-0.3, -0.25) is 4.99 Å². The lowest BCUT2D eigenvalue weighted by Crippen LogP contribution is -2.37. The molecule has 0 fully saturated rings. The fraction of sp³-hybridized carbons (Fsp3) is 0.350. The molecule has 6 heteroatoms. The van der Waals surface area contributed by atoms with Gasteiger partial charge < -0.3 is 20.3 Å². The molecule has 0 aliphatic rings. The lowest BCUT2D eigenvalue weighted by molar-refractivity contribution is 0.409. The minimum absolute atomic E-state index is 0. The number of rotatable bonds is 7. The van der Waals surface area contributed by atoms with Crippen LogP contribution in [0.5, 0.6) is 5.75 Å². The van der Waals surface area contributed by atoms with E-state index in [0.29, 0.717) is 0 Å². The van der Waals surface area contributed by atoms with E-state index < -0.39 is 0 Å². The van der Waals surface area contributed by atoms with Gasteiger partial charge in [-0.15, -0.1) is 24.0 Å². The van der Waals surface area contributed by atoms with Crippen molar-refractivity contribution in [1.82, 2.24) is 10.6 Å². The summed E-state index contributed by atoms with van der Waals surface area (Å²) in [6.07, 6.45) is 0.876. The van der Waals surface area contributed by atoms with Crippen LogP contribution in [-0.2, 0) is 13.0 Å². The third kappa shape index (κ3) is 6.74. The lowest BCUT2D eigenvalue weighted by atomic mass is 10.1. The number of aliphatic imine (C=N–C) groups is 1. The molecule has 26 heavy (non-hydrogen) atoms. The van der Waals surface area contributed by atoms with Crippen LogP contribution in [0, 0.1) is 0 Å². The molecule has 0 unspecified atom stereocenters. The van der Waals surface area contributed by atoms with E-state index in [1.54, 1.807) is 14.2 Å². The van der Waals surface area contributed by atoms with Gasteiger partial charge in [-0.25, -0.2) is 0 Å². The maximum Gasteiger partial charge on any atom is 0.191 e. The number of ether oxygens (including phenoxy) is 1. The summed E-state index contributed by atoms with van der Waals surface area (Å²) in [5, 5.41) is 6.71. The van der Waals surface area contributed by atoms with Gasteiger partial charge in [0.2, 0.25) is 0 Å². The normalized spacial score (nSPS) is 10.7. The average Bonchev–Trinajstić information content (AvgIpc) is 2.65. The summed E-state index contributed by atoms with van der Waals surface area (Å²) in [7, 11) is 7.58. The van der Waals surface area contributed by atoms with Crippen LogP contribution in [0.25, 0.3) is 0 Å². The Labute approximate surface area is 173 Å². The van der Waals surface area contributed by atoms with Crippen molar-refractivity contribution in [3.8, 4) is 5.75 Å². The average molecular weight is 468 g/mol. The lowest BCUT2D eigenvalue weighted by Gasteiger charge is -2.15. The molecule has 0 heterocycles. The molecule has 2 N–H and O–H groups in total. The third-order valence-corrected chi connectivity index (χ3v) is 3.99. The summed E-state index contributed by atoms with van der Waals surface area (Å²) < 4.78 is 5.39. The Hall–Kier alpha value is -1.96. The van der Waals surface area contributed by atoms with Crippen LogP contribution >= 0.6 is 24.0 Å². The van der Waals surface area contributed by atoms with E-state index in [1.165, 1.54) is 16.8 Å². The second-order valence-electron chi connectivity index (χ2n) is 5.98. The zero-order valence-corrected chi connectivity index (χ0v) is 18.3. The molecule has 142 valence electrons. The fourth-order valence-corrected chi connectivity index (χ4v) is 2.58. The zero-order valence-electron chi connectivity index (χ0n) is 16.0. The summed E-state index contributed by atoms with van der Waals surface area (Å²) in [4.78, 5) is 6.39. The molecule has 2 aromatic rings. The van der Waals surface area contributed by atoms with Crippen LogP contribution in [0.4, 0.5) is 5.69 Å². The molecular weight excluding hydrogens is 439 g/mol. The first kappa shape index (κ1) is 22.1. The van der Waals surface area contributed by atoms with Crippen molar-refractivity contribution in [3.63, 3.8) is 0 Å². The van der Waals surface area contributed by atoms with Crippen molar-refractivity contribution in [2.24, 2.45) is 4.99 Å². The Kier molecular flexibility index (Phi) is 9.87. The van der Waals surface area contributed by atoms with E-state index in [2.05, 4.69) is 50.9 Å². The largest absolute Gasteiger partial charge is 0.496 e. The molecule has 0 radical (unpaired) electrons. The van der Waals surface area contributed by atoms with Gasteiger partial charge in [-0.05, 0) is 35.7 Å². The van der Waals surface area contributed by atoms with E-state index in [0.717, 1.165) is 31.2 Å². The number of para-hydroxylation sites is 1. The van der Waals surface area contributed by atoms with Gasteiger partial charge in [-0.1, -0.05) is 30.3 Å². The van der Waals surface area contributed by atoms with Crippen LogP contribution in [0.1, 0.15) is 11.1 Å². The highest BCUT2D eigenvalue weighted by Gasteiger charge is 2.03. The number of benzene rings is 2. The van der Waals surface area contributed by atoms with Crippen LogP contribution < -0.4 is 20.3 Å². The first-order valence-electron chi connectivity index (χ1n) is 8.46. The van der Waals surface area contributed by atoms with Crippen LogP contribution in [0.15, 0.2) is 53.5 Å². The minimum Gasteiger partial charge on any atom is -0.496 e. The number of halogens is 1. The molecular formula is C20H29IN4O. The Morgan fingerprint density at radius 2 is 1.85 bits per heavy atom. The topological polar surface area (TPSA) is 48.9 Å². The van der Waals surface area contributed by atoms with Crippen LogP contribution in [-0.4, -0.2) is 40.8 Å². The van der Waals surface area contributed by atoms with Gasteiger partial charge in [0.25, 0.3) is 0 Å². The van der Waals surface area contributed by atoms with Crippen molar-refractivity contribution in [3.05, 3.63) is 59.7 Å². The highest BCUT2D eigenvalue weighted by molar-refractivity contribution is 14.0. The SMILES string of the molecule is CN=C(NCCc1ccccc1OC)NCc1cccc(N(C)C)c1.I. The highest BCUT2D eigenvalue weighted by Crippen LogP contribution is 2.17. The smallest absolute Gasteiger partial charge is 0.191 e. The second kappa shape index (κ2) is 11.6. The summed E-state index contributed by atoms with van der Waals surface area (Å²) in [5.41, 5.74) is 3.60. The second-order valence-corrected chi connectivity index (χ2v) is 5.98. The standard InChI is InChI=1S/C20H28N4O.HI/c1-21-20(22-13-12-17-9-5-6-11-19(17)25-4)23-15-16-8-7-10-18(14-16)24(2)3;/h5-11,14H,12-13,15H2,1-4H3,(H2,21,22,23);1H. The molecule has 0 spiro atoms. The maximum atomic E-state index is 5.39. The van der Waals surface area contributed by atoms with Gasteiger partial charge in [0.15, 0.2) is 5.96 Å². The van der Waals surface area contributed by atoms with Crippen molar-refractivity contribution in [1.29, 1.82) is 0 Å². The Bertz CT molecular complexity index is 704. The van der Waals surface area contributed by atoms with Gasteiger partial charge in [0.05, 0.1) is 7.11 Å². The predicted molar refractivity (Wildman–Crippen MR) is 121 cm³/mol. The van der Waals surface area contributed by atoms with Gasteiger partial charge in [0, 0.05) is 39.9 Å². The number of nitrogens with one attached hydrogen (secondary N) is 2. The van der Waals surface area contributed by atoms with Crippen LogP contribution in [0.2, 0.25) is 0 Å². The number of hydrogen-bond donors (Lipinski definition) is 2. The number of methoxy groups -OCH3 is 1. The fourth-order valence-electron chi connectivity index (χ4n) is 2.58. The first-order chi connectivity index (χ1) is 12.1. The molecule has 0 saturated heterocycles. The number of guanidine groups is 1. The van der Waals surface area contributed by atoms with Crippen molar-refractivity contribution in [2.45, 2.75) is 13.0 Å². The first-order valence-corrected chi connectivity index (χ1v) is 8.46. The predicted octanol–water partition coefficient (Wildman–Crippen LogP) is 3.29. The van der Waals surface area contributed by atoms with E-state index in [9.17, 15) is 0 Å².